The van der Waals surface area contributed by atoms with E-state index in [-0.39, 0.29) is 12.2 Å². The van der Waals surface area contributed by atoms with Crippen molar-refractivity contribution in [1.82, 2.24) is 0 Å². The smallest absolute Gasteiger partial charge is 0.0543 e. The molecule has 0 amide bonds. The molecule has 0 aliphatic heterocycles. The SMILES string of the molecule is CC(C)CCC(O)C[C@H]1CCC2C3CC[C@@H]4C[C@@H](O)CCC4C3CCC21C. The zero-order chi connectivity index (χ0) is 19.2. The lowest BCUT2D eigenvalue weighted by atomic mass is 9.49. The monoisotopic (exact) mass is 376 g/mol. The molecule has 0 heterocycles. The Labute approximate surface area is 167 Å². The first-order chi connectivity index (χ1) is 12.9. The quantitative estimate of drug-likeness (QED) is 0.636. The zero-order valence-electron chi connectivity index (χ0n) is 18.1. The minimum Gasteiger partial charge on any atom is -0.393 e. The predicted octanol–water partition coefficient (Wildman–Crippen LogP) is 5.80. The van der Waals surface area contributed by atoms with Gasteiger partial charge in [-0.1, -0.05) is 20.8 Å². The van der Waals surface area contributed by atoms with Crippen molar-refractivity contribution in [3.05, 3.63) is 0 Å². The third kappa shape index (κ3) is 3.87. The summed E-state index contributed by atoms with van der Waals surface area (Å²) in [6, 6.07) is 0. The van der Waals surface area contributed by atoms with Crippen LogP contribution in [0.1, 0.15) is 97.8 Å². The second-order valence-electron chi connectivity index (χ2n) is 11.6. The van der Waals surface area contributed by atoms with Crippen molar-refractivity contribution in [3.63, 3.8) is 0 Å². The first kappa shape index (κ1) is 20.2. The Morgan fingerprint density at radius 3 is 2.44 bits per heavy atom. The molecular weight excluding hydrogens is 332 g/mol. The Bertz CT molecular complexity index is 503. The van der Waals surface area contributed by atoms with Crippen LogP contribution >= 0.6 is 0 Å². The maximum Gasteiger partial charge on any atom is 0.0543 e. The first-order valence-electron chi connectivity index (χ1n) is 12.2. The number of aliphatic hydroxyl groups excluding tert-OH is 2. The Kier molecular flexibility index (Phi) is 5.97. The second-order valence-corrected chi connectivity index (χ2v) is 11.6. The van der Waals surface area contributed by atoms with Gasteiger partial charge >= 0.3 is 0 Å². The molecule has 0 aromatic heterocycles. The Morgan fingerprint density at radius 1 is 0.889 bits per heavy atom. The van der Waals surface area contributed by atoms with Crippen LogP contribution in [0, 0.1) is 46.8 Å². The molecule has 4 fully saturated rings. The van der Waals surface area contributed by atoms with Gasteiger partial charge in [0.2, 0.25) is 0 Å². The van der Waals surface area contributed by atoms with E-state index in [1.807, 2.05) is 0 Å². The highest BCUT2D eigenvalue weighted by Gasteiger charge is 2.56. The van der Waals surface area contributed by atoms with Crippen LogP contribution in [0.2, 0.25) is 0 Å². The van der Waals surface area contributed by atoms with Crippen LogP contribution < -0.4 is 0 Å². The minimum atomic E-state index is -0.0822. The fourth-order valence-electron chi connectivity index (χ4n) is 8.30. The highest BCUT2D eigenvalue weighted by Crippen LogP contribution is 2.64. The minimum absolute atomic E-state index is 0.0140. The number of fused-ring (bicyclic) bond motifs is 5. The van der Waals surface area contributed by atoms with Gasteiger partial charge in [0.15, 0.2) is 0 Å². The molecule has 0 spiro atoms. The molecule has 2 heteroatoms. The maximum absolute atomic E-state index is 10.7. The standard InChI is InChI=1S/C25H44O2/c1-16(2)4-7-20(27)15-18-6-11-24-23-9-5-17-14-19(26)8-10-21(17)22(23)12-13-25(18,24)3/h16-24,26-27H,4-15H2,1-3H3/t17-,18-,19+,20?,21?,22?,23?,24?,25?/m1/s1. The van der Waals surface area contributed by atoms with Gasteiger partial charge in [0.05, 0.1) is 12.2 Å². The van der Waals surface area contributed by atoms with Crippen LogP contribution in [-0.4, -0.2) is 22.4 Å². The van der Waals surface area contributed by atoms with E-state index in [1.165, 1.54) is 44.9 Å². The van der Waals surface area contributed by atoms with Gasteiger partial charge in [0.25, 0.3) is 0 Å². The van der Waals surface area contributed by atoms with Gasteiger partial charge in [-0.15, -0.1) is 0 Å². The summed E-state index contributed by atoms with van der Waals surface area (Å²) >= 11 is 0. The summed E-state index contributed by atoms with van der Waals surface area (Å²) in [5.41, 5.74) is 0.487. The summed E-state index contributed by atoms with van der Waals surface area (Å²) < 4.78 is 0. The number of hydrogen-bond acceptors (Lipinski definition) is 2. The van der Waals surface area contributed by atoms with Gasteiger partial charge in [0.1, 0.15) is 0 Å². The number of aliphatic hydroxyl groups is 2. The van der Waals surface area contributed by atoms with Crippen LogP contribution in [0.15, 0.2) is 0 Å². The third-order valence-corrected chi connectivity index (χ3v) is 9.76. The van der Waals surface area contributed by atoms with Crippen molar-refractivity contribution in [3.8, 4) is 0 Å². The van der Waals surface area contributed by atoms with E-state index in [9.17, 15) is 10.2 Å². The van der Waals surface area contributed by atoms with E-state index < -0.39 is 0 Å². The molecule has 27 heavy (non-hydrogen) atoms. The fraction of sp³-hybridized carbons (Fsp3) is 1.00. The molecule has 2 nitrogen and oxygen atoms in total. The van der Waals surface area contributed by atoms with E-state index in [2.05, 4.69) is 20.8 Å². The Morgan fingerprint density at radius 2 is 1.67 bits per heavy atom. The van der Waals surface area contributed by atoms with Crippen LogP contribution in [0.3, 0.4) is 0 Å². The lowest BCUT2D eigenvalue weighted by molar-refractivity contribution is -0.0807. The van der Waals surface area contributed by atoms with Gasteiger partial charge in [-0.2, -0.15) is 0 Å². The summed E-state index contributed by atoms with van der Waals surface area (Å²) in [7, 11) is 0. The van der Waals surface area contributed by atoms with Crippen LogP contribution in [-0.2, 0) is 0 Å². The highest BCUT2D eigenvalue weighted by atomic mass is 16.3. The van der Waals surface area contributed by atoms with Crippen LogP contribution in [0.25, 0.3) is 0 Å². The Hall–Kier alpha value is -0.0800. The van der Waals surface area contributed by atoms with Crippen molar-refractivity contribution in [1.29, 1.82) is 0 Å². The van der Waals surface area contributed by atoms with Crippen LogP contribution in [0.5, 0.6) is 0 Å². The summed E-state index contributed by atoms with van der Waals surface area (Å²) in [6.45, 7) is 7.13. The highest BCUT2D eigenvalue weighted by molar-refractivity contribution is 5.06. The summed E-state index contributed by atoms with van der Waals surface area (Å²) in [5.74, 6) is 5.97. The van der Waals surface area contributed by atoms with Gasteiger partial charge in [-0.3, -0.25) is 0 Å². The van der Waals surface area contributed by atoms with Gasteiger partial charge in [-0.25, -0.2) is 0 Å². The van der Waals surface area contributed by atoms with E-state index in [1.54, 1.807) is 0 Å². The van der Waals surface area contributed by atoms with E-state index >= 15 is 0 Å². The molecule has 4 aliphatic carbocycles. The molecule has 156 valence electrons. The zero-order valence-corrected chi connectivity index (χ0v) is 18.1. The normalized spacial score (nSPS) is 48.0. The molecule has 9 atom stereocenters. The molecule has 4 saturated carbocycles. The second kappa shape index (κ2) is 7.98. The van der Waals surface area contributed by atoms with E-state index in [4.69, 9.17) is 0 Å². The molecule has 0 aromatic carbocycles. The first-order valence-corrected chi connectivity index (χ1v) is 12.2. The van der Waals surface area contributed by atoms with Crippen molar-refractivity contribution in [2.24, 2.45) is 46.8 Å². The van der Waals surface area contributed by atoms with Gasteiger partial charge < -0.3 is 10.2 Å². The van der Waals surface area contributed by atoms with Crippen molar-refractivity contribution < 1.29 is 10.2 Å². The molecule has 4 aliphatic rings. The largest absolute Gasteiger partial charge is 0.393 e. The van der Waals surface area contributed by atoms with Crippen molar-refractivity contribution in [2.45, 2.75) is 110 Å². The predicted molar refractivity (Wildman–Crippen MR) is 111 cm³/mol. The number of rotatable bonds is 5. The lowest BCUT2D eigenvalue weighted by Crippen LogP contribution is -2.49. The molecule has 0 saturated heterocycles. The van der Waals surface area contributed by atoms with Gasteiger partial charge in [0, 0.05) is 0 Å². The number of hydrogen-bond donors (Lipinski definition) is 2. The third-order valence-electron chi connectivity index (χ3n) is 9.76. The molecular formula is C25H44O2. The summed E-state index contributed by atoms with van der Waals surface area (Å²) in [6.07, 6.45) is 14.9. The topological polar surface area (TPSA) is 40.5 Å². The maximum atomic E-state index is 10.7. The van der Waals surface area contributed by atoms with Crippen molar-refractivity contribution >= 4 is 0 Å². The summed E-state index contributed by atoms with van der Waals surface area (Å²) in [5, 5.41) is 20.8. The van der Waals surface area contributed by atoms with E-state index in [0.29, 0.717) is 11.3 Å². The molecule has 0 aromatic rings. The molecule has 0 radical (unpaired) electrons. The van der Waals surface area contributed by atoms with E-state index in [0.717, 1.165) is 67.6 Å². The fourth-order valence-corrected chi connectivity index (χ4v) is 8.30. The average molecular weight is 377 g/mol. The van der Waals surface area contributed by atoms with Crippen LogP contribution in [0.4, 0.5) is 0 Å². The Balaban J connectivity index is 1.41. The lowest BCUT2D eigenvalue weighted by Gasteiger charge is -2.56. The van der Waals surface area contributed by atoms with Gasteiger partial charge in [-0.05, 0) is 124 Å². The average Bonchev–Trinajstić information content (AvgIpc) is 2.96. The summed E-state index contributed by atoms with van der Waals surface area (Å²) in [4.78, 5) is 0. The molecule has 2 N–H and O–H groups in total. The molecule has 0 bridgehead atoms. The molecule has 6 unspecified atom stereocenters. The molecule has 4 rings (SSSR count). The van der Waals surface area contributed by atoms with Crippen molar-refractivity contribution in [2.75, 3.05) is 0 Å².